The molecular weight excluding hydrogens is 439 g/mol. The lowest BCUT2D eigenvalue weighted by Crippen LogP contribution is -2.51. The predicted molar refractivity (Wildman–Crippen MR) is 127 cm³/mol. The molecule has 0 saturated carbocycles. The van der Waals surface area contributed by atoms with Crippen LogP contribution in [0.1, 0.15) is 38.3 Å². The van der Waals surface area contributed by atoms with Gasteiger partial charge in [0, 0.05) is 28.4 Å². The number of halogens is 2. The topological polar surface area (TPSA) is 49.4 Å². The van der Waals surface area contributed by atoms with E-state index in [1.165, 1.54) is 11.8 Å². The molecule has 4 nitrogen and oxygen atoms in total. The Balaban J connectivity index is 2.13. The number of nitrogens with one attached hydrogen (secondary N) is 1. The van der Waals surface area contributed by atoms with Crippen molar-refractivity contribution in [3.8, 4) is 0 Å². The van der Waals surface area contributed by atoms with Gasteiger partial charge in [-0.1, -0.05) is 60.5 Å². The van der Waals surface area contributed by atoms with Crippen LogP contribution in [-0.2, 0) is 21.9 Å². The standard InChI is InChI=1S/C23H28Cl2N2O2S/c1-4-21(23(29)26-16(2)3)27(13-18-7-5-6-8-20(18)25)22(28)15-30-14-17-9-11-19(24)12-10-17/h5-12,16,21H,4,13-15H2,1-3H3,(H,26,29)/t21-/m1/s1. The van der Waals surface area contributed by atoms with Gasteiger partial charge in [0.2, 0.25) is 11.8 Å². The molecule has 162 valence electrons. The van der Waals surface area contributed by atoms with Gasteiger partial charge in [-0.05, 0) is 49.6 Å². The van der Waals surface area contributed by atoms with Gasteiger partial charge in [0.1, 0.15) is 6.04 Å². The third-order valence-corrected chi connectivity index (χ3v) is 6.13. The van der Waals surface area contributed by atoms with Crippen LogP contribution in [0, 0.1) is 0 Å². The third kappa shape index (κ3) is 7.53. The van der Waals surface area contributed by atoms with Gasteiger partial charge in [-0.15, -0.1) is 11.8 Å². The number of carbonyl (C=O) groups excluding carboxylic acids is 2. The van der Waals surface area contributed by atoms with Gasteiger partial charge < -0.3 is 10.2 Å². The van der Waals surface area contributed by atoms with E-state index in [2.05, 4.69) is 5.32 Å². The fourth-order valence-corrected chi connectivity index (χ4v) is 4.22. The van der Waals surface area contributed by atoms with Gasteiger partial charge in [0.15, 0.2) is 0 Å². The summed E-state index contributed by atoms with van der Waals surface area (Å²) in [5.74, 6) is 0.742. The van der Waals surface area contributed by atoms with Crippen molar-refractivity contribution in [3.05, 3.63) is 69.7 Å². The van der Waals surface area contributed by atoms with Crippen molar-refractivity contribution < 1.29 is 9.59 Å². The van der Waals surface area contributed by atoms with Crippen LogP contribution in [0.3, 0.4) is 0 Å². The first kappa shape index (κ1) is 24.6. The first-order valence-electron chi connectivity index (χ1n) is 9.97. The van der Waals surface area contributed by atoms with Crippen molar-refractivity contribution in [3.63, 3.8) is 0 Å². The minimum atomic E-state index is -0.549. The second-order valence-electron chi connectivity index (χ2n) is 7.32. The molecule has 0 aliphatic heterocycles. The Morgan fingerprint density at radius 3 is 2.33 bits per heavy atom. The molecule has 0 saturated heterocycles. The molecule has 0 aliphatic rings. The van der Waals surface area contributed by atoms with Crippen LogP contribution in [-0.4, -0.2) is 34.6 Å². The zero-order valence-electron chi connectivity index (χ0n) is 17.5. The number of nitrogens with zero attached hydrogens (tertiary/aromatic N) is 1. The molecule has 0 fully saturated rings. The highest BCUT2D eigenvalue weighted by molar-refractivity contribution is 7.99. The molecule has 7 heteroatoms. The Bertz CT molecular complexity index is 843. The van der Waals surface area contributed by atoms with Crippen LogP contribution in [0.25, 0.3) is 0 Å². The fourth-order valence-electron chi connectivity index (χ4n) is 3.03. The average Bonchev–Trinajstić information content (AvgIpc) is 2.70. The summed E-state index contributed by atoms with van der Waals surface area (Å²) in [6.45, 7) is 6.03. The highest BCUT2D eigenvalue weighted by Gasteiger charge is 2.29. The van der Waals surface area contributed by atoms with Crippen molar-refractivity contribution >= 4 is 46.8 Å². The minimum Gasteiger partial charge on any atom is -0.352 e. The van der Waals surface area contributed by atoms with Crippen LogP contribution in [0.4, 0.5) is 0 Å². The predicted octanol–water partition coefficient (Wildman–Crippen LogP) is 5.56. The second-order valence-corrected chi connectivity index (χ2v) is 9.15. The van der Waals surface area contributed by atoms with E-state index in [9.17, 15) is 9.59 Å². The molecule has 1 atom stereocenters. The normalized spacial score (nSPS) is 11.9. The monoisotopic (exact) mass is 466 g/mol. The Labute approximate surface area is 193 Å². The summed E-state index contributed by atoms with van der Waals surface area (Å²) in [7, 11) is 0. The Kier molecular flexibility index (Phi) is 10.0. The summed E-state index contributed by atoms with van der Waals surface area (Å²) < 4.78 is 0. The number of hydrogen-bond donors (Lipinski definition) is 1. The maximum absolute atomic E-state index is 13.2. The second kappa shape index (κ2) is 12.2. The molecule has 2 rings (SSSR count). The summed E-state index contributed by atoms with van der Waals surface area (Å²) in [6.07, 6.45) is 0.524. The summed E-state index contributed by atoms with van der Waals surface area (Å²) in [5, 5.41) is 4.21. The van der Waals surface area contributed by atoms with Crippen molar-refractivity contribution in [2.45, 2.75) is 51.6 Å². The molecule has 0 radical (unpaired) electrons. The van der Waals surface area contributed by atoms with Crippen molar-refractivity contribution in [2.75, 3.05) is 5.75 Å². The average molecular weight is 467 g/mol. The van der Waals surface area contributed by atoms with Gasteiger partial charge in [0.05, 0.1) is 5.75 Å². The van der Waals surface area contributed by atoms with E-state index in [1.807, 2.05) is 63.2 Å². The number of thioether (sulfide) groups is 1. The zero-order chi connectivity index (χ0) is 22.1. The quantitative estimate of drug-likeness (QED) is 0.498. The number of carbonyl (C=O) groups is 2. The van der Waals surface area contributed by atoms with Gasteiger partial charge in [-0.25, -0.2) is 0 Å². The molecule has 0 aliphatic carbocycles. The first-order chi connectivity index (χ1) is 14.3. The zero-order valence-corrected chi connectivity index (χ0v) is 19.9. The third-order valence-electron chi connectivity index (χ3n) is 4.52. The maximum atomic E-state index is 13.2. The van der Waals surface area contributed by atoms with E-state index in [0.717, 1.165) is 11.1 Å². The molecule has 2 aromatic carbocycles. The smallest absolute Gasteiger partial charge is 0.243 e. The number of amides is 2. The fraction of sp³-hybridized carbons (Fsp3) is 0.391. The van der Waals surface area contributed by atoms with Crippen LogP contribution in [0.5, 0.6) is 0 Å². The van der Waals surface area contributed by atoms with Crippen LogP contribution >= 0.6 is 35.0 Å². The van der Waals surface area contributed by atoms with E-state index in [-0.39, 0.29) is 23.6 Å². The van der Waals surface area contributed by atoms with Gasteiger partial charge in [-0.3, -0.25) is 9.59 Å². The lowest BCUT2D eigenvalue weighted by molar-refractivity contribution is -0.139. The van der Waals surface area contributed by atoms with Crippen molar-refractivity contribution in [1.82, 2.24) is 10.2 Å². The first-order valence-corrected chi connectivity index (χ1v) is 11.9. The lowest BCUT2D eigenvalue weighted by atomic mass is 10.1. The van der Waals surface area contributed by atoms with Gasteiger partial charge in [-0.2, -0.15) is 0 Å². The van der Waals surface area contributed by atoms with E-state index in [0.29, 0.717) is 28.8 Å². The molecule has 0 bridgehead atoms. The van der Waals surface area contributed by atoms with Crippen molar-refractivity contribution in [1.29, 1.82) is 0 Å². The minimum absolute atomic E-state index is 0.00287. The SMILES string of the molecule is CC[C@H](C(=O)NC(C)C)N(Cc1ccccc1Cl)C(=O)CSCc1ccc(Cl)cc1. The van der Waals surface area contributed by atoms with Gasteiger partial charge >= 0.3 is 0 Å². The lowest BCUT2D eigenvalue weighted by Gasteiger charge is -2.31. The molecule has 0 spiro atoms. The summed E-state index contributed by atoms with van der Waals surface area (Å²) in [6, 6.07) is 14.4. The molecular formula is C23H28Cl2N2O2S. The summed E-state index contributed by atoms with van der Waals surface area (Å²) in [5.41, 5.74) is 1.92. The number of hydrogen-bond acceptors (Lipinski definition) is 3. The number of rotatable bonds is 10. The molecule has 0 heterocycles. The van der Waals surface area contributed by atoms with Gasteiger partial charge in [0.25, 0.3) is 0 Å². The highest BCUT2D eigenvalue weighted by atomic mass is 35.5. The maximum Gasteiger partial charge on any atom is 0.243 e. The molecule has 30 heavy (non-hydrogen) atoms. The largest absolute Gasteiger partial charge is 0.352 e. The molecule has 1 N–H and O–H groups in total. The molecule has 2 amide bonds. The Morgan fingerprint density at radius 1 is 1.07 bits per heavy atom. The van der Waals surface area contributed by atoms with Crippen LogP contribution in [0.15, 0.2) is 48.5 Å². The van der Waals surface area contributed by atoms with Crippen molar-refractivity contribution in [2.24, 2.45) is 0 Å². The van der Waals surface area contributed by atoms with E-state index < -0.39 is 6.04 Å². The summed E-state index contributed by atoms with van der Waals surface area (Å²) >= 11 is 13.8. The number of benzene rings is 2. The van der Waals surface area contributed by atoms with E-state index >= 15 is 0 Å². The Morgan fingerprint density at radius 2 is 1.73 bits per heavy atom. The van der Waals surface area contributed by atoms with Crippen LogP contribution in [0.2, 0.25) is 10.0 Å². The molecule has 0 unspecified atom stereocenters. The van der Waals surface area contributed by atoms with E-state index in [1.54, 1.807) is 11.0 Å². The summed E-state index contributed by atoms with van der Waals surface area (Å²) in [4.78, 5) is 27.6. The molecule has 0 aromatic heterocycles. The van der Waals surface area contributed by atoms with Crippen LogP contribution < -0.4 is 5.32 Å². The highest BCUT2D eigenvalue weighted by Crippen LogP contribution is 2.22. The Hall–Kier alpha value is -1.69. The molecule has 2 aromatic rings. The van der Waals surface area contributed by atoms with E-state index in [4.69, 9.17) is 23.2 Å².